The molecule has 1 aromatic heterocycles. The van der Waals surface area contributed by atoms with E-state index < -0.39 is 0 Å². The molecule has 0 saturated carbocycles. The lowest BCUT2D eigenvalue weighted by molar-refractivity contribution is -0.117. The first-order valence-corrected chi connectivity index (χ1v) is 6.27. The molecule has 5 heteroatoms. The van der Waals surface area contributed by atoms with Crippen LogP contribution in [-0.4, -0.2) is 15.3 Å². The normalized spacial score (nSPS) is 12.9. The SMILES string of the molecule is CC(=O)CCn1c(C(C)N)nc2cc(Cl)ccc21. The van der Waals surface area contributed by atoms with E-state index in [9.17, 15) is 4.79 Å². The van der Waals surface area contributed by atoms with Gasteiger partial charge < -0.3 is 10.3 Å². The maximum Gasteiger partial charge on any atom is 0.131 e. The van der Waals surface area contributed by atoms with Crippen LogP contribution < -0.4 is 5.73 Å². The first-order chi connectivity index (χ1) is 8.49. The van der Waals surface area contributed by atoms with E-state index in [1.165, 1.54) is 0 Å². The van der Waals surface area contributed by atoms with Gasteiger partial charge in [-0.2, -0.15) is 0 Å². The number of carbonyl (C=O) groups is 1. The highest BCUT2D eigenvalue weighted by atomic mass is 35.5. The van der Waals surface area contributed by atoms with Gasteiger partial charge in [0.25, 0.3) is 0 Å². The minimum atomic E-state index is -0.178. The Bertz CT molecular complexity index is 589. The minimum absolute atomic E-state index is 0.154. The first kappa shape index (κ1) is 13.1. The summed E-state index contributed by atoms with van der Waals surface area (Å²) >= 11 is 5.95. The van der Waals surface area contributed by atoms with E-state index in [4.69, 9.17) is 17.3 Å². The fourth-order valence-electron chi connectivity index (χ4n) is 1.97. The van der Waals surface area contributed by atoms with Crippen LogP contribution in [0.15, 0.2) is 18.2 Å². The zero-order valence-electron chi connectivity index (χ0n) is 10.5. The number of benzene rings is 1. The predicted molar refractivity (Wildman–Crippen MR) is 72.6 cm³/mol. The highest BCUT2D eigenvalue weighted by Gasteiger charge is 2.14. The van der Waals surface area contributed by atoms with Gasteiger partial charge in [-0.05, 0) is 32.0 Å². The molecule has 0 aliphatic rings. The third kappa shape index (κ3) is 2.54. The Balaban J connectivity index is 2.52. The highest BCUT2D eigenvalue weighted by molar-refractivity contribution is 6.31. The van der Waals surface area contributed by atoms with Gasteiger partial charge in [-0.15, -0.1) is 0 Å². The van der Waals surface area contributed by atoms with E-state index in [0.717, 1.165) is 16.9 Å². The number of hydrogen-bond donors (Lipinski definition) is 1. The molecule has 2 rings (SSSR count). The molecule has 0 amide bonds. The number of aryl methyl sites for hydroxylation is 1. The van der Waals surface area contributed by atoms with Crippen molar-refractivity contribution in [1.82, 2.24) is 9.55 Å². The number of fused-ring (bicyclic) bond motifs is 1. The summed E-state index contributed by atoms with van der Waals surface area (Å²) in [6, 6.07) is 5.37. The van der Waals surface area contributed by atoms with Crippen molar-refractivity contribution in [2.75, 3.05) is 0 Å². The summed E-state index contributed by atoms with van der Waals surface area (Å²) in [6.07, 6.45) is 0.480. The molecular formula is C13H16ClN3O. The number of rotatable bonds is 4. The van der Waals surface area contributed by atoms with Crippen LogP contribution in [0, 0.1) is 0 Å². The maximum absolute atomic E-state index is 11.1. The average molecular weight is 266 g/mol. The Labute approximate surface area is 111 Å². The number of halogens is 1. The third-order valence-electron chi connectivity index (χ3n) is 2.83. The van der Waals surface area contributed by atoms with Crippen LogP contribution in [-0.2, 0) is 11.3 Å². The van der Waals surface area contributed by atoms with Crippen LogP contribution in [0.1, 0.15) is 32.1 Å². The first-order valence-electron chi connectivity index (χ1n) is 5.89. The third-order valence-corrected chi connectivity index (χ3v) is 3.07. The van der Waals surface area contributed by atoms with Crippen molar-refractivity contribution in [3.05, 3.63) is 29.0 Å². The molecule has 96 valence electrons. The van der Waals surface area contributed by atoms with Gasteiger partial charge in [-0.25, -0.2) is 4.98 Å². The van der Waals surface area contributed by atoms with Crippen molar-refractivity contribution < 1.29 is 4.79 Å². The van der Waals surface area contributed by atoms with Crippen LogP contribution in [0.4, 0.5) is 0 Å². The molecule has 0 aliphatic heterocycles. The molecule has 18 heavy (non-hydrogen) atoms. The van der Waals surface area contributed by atoms with Gasteiger partial charge in [-0.3, -0.25) is 4.79 Å². The summed E-state index contributed by atoms with van der Waals surface area (Å²) in [7, 11) is 0. The molecule has 0 aliphatic carbocycles. The van der Waals surface area contributed by atoms with Crippen molar-refractivity contribution in [3.63, 3.8) is 0 Å². The smallest absolute Gasteiger partial charge is 0.131 e. The maximum atomic E-state index is 11.1. The van der Waals surface area contributed by atoms with Crippen molar-refractivity contribution in [2.24, 2.45) is 5.73 Å². The average Bonchev–Trinajstić information content (AvgIpc) is 2.64. The molecule has 1 aromatic carbocycles. The van der Waals surface area contributed by atoms with Crippen LogP contribution in [0.5, 0.6) is 0 Å². The van der Waals surface area contributed by atoms with Crippen molar-refractivity contribution in [2.45, 2.75) is 32.9 Å². The quantitative estimate of drug-likeness (QED) is 0.925. The van der Waals surface area contributed by atoms with E-state index in [2.05, 4.69) is 4.98 Å². The summed E-state index contributed by atoms with van der Waals surface area (Å²) in [5.74, 6) is 0.940. The summed E-state index contributed by atoms with van der Waals surface area (Å²) in [6.45, 7) is 4.07. The fraction of sp³-hybridized carbons (Fsp3) is 0.385. The van der Waals surface area contributed by atoms with Gasteiger partial charge in [0.15, 0.2) is 0 Å². The predicted octanol–water partition coefficient (Wildman–Crippen LogP) is 2.69. The van der Waals surface area contributed by atoms with Gasteiger partial charge in [-0.1, -0.05) is 11.6 Å². The second kappa shape index (κ2) is 5.08. The monoisotopic (exact) mass is 265 g/mol. The molecule has 0 radical (unpaired) electrons. The molecule has 1 atom stereocenters. The molecular weight excluding hydrogens is 250 g/mol. The van der Waals surface area contributed by atoms with Crippen LogP contribution in [0.2, 0.25) is 5.02 Å². The van der Waals surface area contributed by atoms with E-state index in [1.807, 2.05) is 29.7 Å². The standard InChI is InChI=1S/C13H16ClN3O/c1-8(18)5-6-17-12-4-3-10(14)7-11(12)16-13(17)9(2)15/h3-4,7,9H,5-6,15H2,1-2H3. The van der Waals surface area contributed by atoms with E-state index >= 15 is 0 Å². The van der Waals surface area contributed by atoms with Crippen LogP contribution in [0.3, 0.4) is 0 Å². The number of hydrogen-bond acceptors (Lipinski definition) is 3. The number of Topliss-reactive ketones (excluding diaryl/α,β-unsaturated/α-hetero) is 1. The summed E-state index contributed by atoms with van der Waals surface area (Å²) in [5.41, 5.74) is 7.71. The molecule has 4 nitrogen and oxygen atoms in total. The second-order valence-corrected chi connectivity index (χ2v) is 4.93. The lowest BCUT2D eigenvalue weighted by Gasteiger charge is -2.10. The van der Waals surface area contributed by atoms with E-state index in [0.29, 0.717) is 18.0 Å². The Morgan fingerprint density at radius 1 is 1.56 bits per heavy atom. The number of ketones is 1. The molecule has 2 aromatic rings. The zero-order valence-corrected chi connectivity index (χ0v) is 11.2. The number of aromatic nitrogens is 2. The van der Waals surface area contributed by atoms with Gasteiger partial charge in [0.05, 0.1) is 17.1 Å². The van der Waals surface area contributed by atoms with Crippen molar-refractivity contribution in [1.29, 1.82) is 0 Å². The number of nitrogens with two attached hydrogens (primary N) is 1. The lowest BCUT2D eigenvalue weighted by Crippen LogP contribution is -2.14. The van der Waals surface area contributed by atoms with Gasteiger partial charge in [0, 0.05) is 18.0 Å². The molecule has 1 unspecified atom stereocenters. The number of nitrogens with zero attached hydrogens (tertiary/aromatic N) is 2. The van der Waals surface area contributed by atoms with Crippen LogP contribution in [0.25, 0.3) is 11.0 Å². The lowest BCUT2D eigenvalue weighted by atomic mass is 10.2. The molecule has 0 spiro atoms. The Hall–Kier alpha value is -1.39. The van der Waals surface area contributed by atoms with E-state index in [1.54, 1.807) is 6.92 Å². The highest BCUT2D eigenvalue weighted by Crippen LogP contribution is 2.23. The van der Waals surface area contributed by atoms with Gasteiger partial charge in [0.2, 0.25) is 0 Å². The molecule has 2 N–H and O–H groups in total. The zero-order chi connectivity index (χ0) is 13.3. The molecule has 1 heterocycles. The van der Waals surface area contributed by atoms with Crippen LogP contribution >= 0.6 is 11.6 Å². The topological polar surface area (TPSA) is 60.9 Å². The Kier molecular flexibility index (Phi) is 3.68. The number of carbonyl (C=O) groups excluding carboxylic acids is 1. The summed E-state index contributed by atoms with van der Waals surface area (Å²) in [4.78, 5) is 15.6. The Morgan fingerprint density at radius 2 is 2.28 bits per heavy atom. The Morgan fingerprint density at radius 3 is 2.89 bits per heavy atom. The second-order valence-electron chi connectivity index (χ2n) is 4.50. The minimum Gasteiger partial charge on any atom is -0.326 e. The fourth-order valence-corrected chi connectivity index (χ4v) is 2.14. The largest absolute Gasteiger partial charge is 0.326 e. The summed E-state index contributed by atoms with van der Waals surface area (Å²) < 4.78 is 2.00. The summed E-state index contributed by atoms with van der Waals surface area (Å²) in [5, 5.41) is 0.648. The molecule has 0 fully saturated rings. The van der Waals surface area contributed by atoms with Crippen molar-refractivity contribution >= 4 is 28.4 Å². The van der Waals surface area contributed by atoms with Gasteiger partial charge in [0.1, 0.15) is 11.6 Å². The molecule has 0 saturated heterocycles. The van der Waals surface area contributed by atoms with Crippen molar-refractivity contribution in [3.8, 4) is 0 Å². The molecule has 0 bridgehead atoms. The number of imidazole rings is 1. The van der Waals surface area contributed by atoms with E-state index in [-0.39, 0.29) is 11.8 Å². The van der Waals surface area contributed by atoms with Gasteiger partial charge >= 0.3 is 0 Å².